The van der Waals surface area contributed by atoms with Crippen molar-refractivity contribution in [3.63, 3.8) is 0 Å². The van der Waals surface area contributed by atoms with Gasteiger partial charge in [-0.1, -0.05) is 66.4 Å². The molecule has 1 aliphatic rings. The first-order valence-corrected chi connectivity index (χ1v) is 12.5. The summed E-state index contributed by atoms with van der Waals surface area (Å²) in [6, 6.07) is 17.7. The van der Waals surface area contributed by atoms with Crippen LogP contribution in [0.5, 0.6) is 0 Å². The van der Waals surface area contributed by atoms with Crippen LogP contribution in [-0.2, 0) is 24.4 Å². The van der Waals surface area contributed by atoms with Crippen molar-refractivity contribution in [2.24, 2.45) is 0 Å². The normalized spacial score (nSPS) is 14.4. The Kier molecular flexibility index (Phi) is 7.67. The number of hydrogen-bond acceptors (Lipinski definition) is 6. The Morgan fingerprint density at radius 2 is 1.81 bits per heavy atom. The fraction of sp³-hybridized carbons (Fsp3) is 0.185. The number of aromatic nitrogens is 1. The predicted octanol–water partition coefficient (Wildman–Crippen LogP) is 5.20. The molecule has 0 radical (unpaired) electrons. The summed E-state index contributed by atoms with van der Waals surface area (Å²) in [6.45, 7) is 4.56. The van der Waals surface area contributed by atoms with Gasteiger partial charge in [-0.15, -0.1) is 0 Å². The minimum absolute atomic E-state index is 0.0372. The van der Waals surface area contributed by atoms with Crippen LogP contribution < -0.4 is 10.9 Å². The summed E-state index contributed by atoms with van der Waals surface area (Å²) in [7, 11) is 0. The van der Waals surface area contributed by atoms with E-state index in [4.69, 9.17) is 12.2 Å². The van der Waals surface area contributed by atoms with Gasteiger partial charge < -0.3 is 5.32 Å². The maximum absolute atomic E-state index is 13.3. The summed E-state index contributed by atoms with van der Waals surface area (Å²) in [5.41, 5.74) is 2.51. The van der Waals surface area contributed by atoms with Gasteiger partial charge in [-0.2, -0.15) is 5.26 Å². The first-order valence-electron chi connectivity index (χ1n) is 11.3. The van der Waals surface area contributed by atoms with Gasteiger partial charge in [-0.05, 0) is 48.7 Å². The lowest BCUT2D eigenvalue weighted by Crippen LogP contribution is -2.28. The second-order valence-corrected chi connectivity index (χ2v) is 9.83. The molecule has 6 nitrogen and oxygen atoms in total. The van der Waals surface area contributed by atoms with Gasteiger partial charge in [0.1, 0.15) is 27.6 Å². The molecule has 1 fully saturated rings. The third-order valence-corrected chi connectivity index (χ3v) is 7.27. The van der Waals surface area contributed by atoms with Crippen molar-refractivity contribution in [3.8, 4) is 6.07 Å². The number of halogens is 1. The van der Waals surface area contributed by atoms with Crippen molar-refractivity contribution in [3.05, 3.63) is 103 Å². The summed E-state index contributed by atoms with van der Waals surface area (Å²) < 4.78 is 15.2. The molecule has 0 bridgehead atoms. The lowest BCUT2D eigenvalue weighted by atomic mass is 10.0. The molecular formula is C27H23FN4O2S2. The Balaban J connectivity index is 1.75. The number of thioether (sulfide) groups is 1. The SMILES string of the molecule is CCn1c(NCc2ccccc2)c(/C=C2/SC(=S)N(Cc3ccc(F)cc3)C2=O)c(C)c(C#N)c1=O. The zero-order valence-corrected chi connectivity index (χ0v) is 21.4. The van der Waals surface area contributed by atoms with Gasteiger partial charge in [0.15, 0.2) is 0 Å². The molecule has 2 aromatic carbocycles. The second kappa shape index (κ2) is 10.9. The molecule has 0 saturated carbocycles. The average Bonchev–Trinajstić information content (AvgIpc) is 3.14. The monoisotopic (exact) mass is 518 g/mol. The highest BCUT2D eigenvalue weighted by Crippen LogP contribution is 2.36. The minimum atomic E-state index is -0.380. The number of nitriles is 1. The van der Waals surface area contributed by atoms with E-state index in [1.807, 2.05) is 43.3 Å². The lowest BCUT2D eigenvalue weighted by molar-refractivity contribution is -0.122. The molecule has 0 spiro atoms. The molecule has 3 aromatic rings. The van der Waals surface area contributed by atoms with Crippen LogP contribution >= 0.6 is 24.0 Å². The number of benzene rings is 2. The van der Waals surface area contributed by atoms with Crippen molar-refractivity contribution in [1.82, 2.24) is 9.47 Å². The fourth-order valence-corrected chi connectivity index (χ4v) is 5.21. The molecule has 1 amide bonds. The molecule has 36 heavy (non-hydrogen) atoms. The Morgan fingerprint density at radius 3 is 2.44 bits per heavy atom. The number of nitrogens with one attached hydrogen (secondary N) is 1. The zero-order valence-electron chi connectivity index (χ0n) is 19.7. The molecule has 9 heteroatoms. The van der Waals surface area contributed by atoms with Gasteiger partial charge in [0.25, 0.3) is 11.5 Å². The summed E-state index contributed by atoms with van der Waals surface area (Å²) in [5.74, 6) is -0.100. The maximum atomic E-state index is 13.3. The maximum Gasteiger partial charge on any atom is 0.270 e. The average molecular weight is 519 g/mol. The largest absolute Gasteiger partial charge is 0.367 e. The highest BCUT2D eigenvalue weighted by Gasteiger charge is 2.33. The number of rotatable bonds is 7. The first kappa shape index (κ1) is 25.4. The summed E-state index contributed by atoms with van der Waals surface area (Å²) >= 11 is 6.62. The quantitative estimate of drug-likeness (QED) is 0.342. The summed E-state index contributed by atoms with van der Waals surface area (Å²) in [6.07, 6.45) is 1.69. The van der Waals surface area contributed by atoms with E-state index in [9.17, 15) is 19.2 Å². The number of amides is 1. The van der Waals surface area contributed by atoms with Crippen LogP contribution in [0.2, 0.25) is 0 Å². The van der Waals surface area contributed by atoms with Crippen LogP contribution in [0.25, 0.3) is 6.08 Å². The molecule has 1 N–H and O–H groups in total. The number of pyridine rings is 1. The van der Waals surface area contributed by atoms with E-state index in [1.54, 1.807) is 25.1 Å². The second-order valence-electron chi connectivity index (χ2n) is 8.16. The highest BCUT2D eigenvalue weighted by molar-refractivity contribution is 8.26. The van der Waals surface area contributed by atoms with E-state index in [2.05, 4.69) is 5.32 Å². The lowest BCUT2D eigenvalue weighted by Gasteiger charge is -2.19. The van der Waals surface area contributed by atoms with Crippen molar-refractivity contribution in [2.75, 3.05) is 5.32 Å². The predicted molar refractivity (Wildman–Crippen MR) is 145 cm³/mol. The van der Waals surface area contributed by atoms with Crippen molar-refractivity contribution in [1.29, 1.82) is 5.26 Å². The molecular weight excluding hydrogens is 495 g/mol. The smallest absolute Gasteiger partial charge is 0.270 e. The van der Waals surface area contributed by atoms with E-state index >= 15 is 0 Å². The van der Waals surface area contributed by atoms with Crippen LogP contribution in [0.1, 0.15) is 34.7 Å². The number of hydrogen-bond donors (Lipinski definition) is 1. The number of anilines is 1. The highest BCUT2D eigenvalue weighted by atomic mass is 32.2. The van der Waals surface area contributed by atoms with Gasteiger partial charge in [0, 0.05) is 18.7 Å². The van der Waals surface area contributed by atoms with Crippen LogP contribution in [0.3, 0.4) is 0 Å². The Bertz CT molecular complexity index is 1460. The molecule has 0 atom stereocenters. The van der Waals surface area contributed by atoms with Crippen molar-refractivity contribution >= 4 is 46.1 Å². The molecule has 1 aromatic heterocycles. The molecule has 2 heterocycles. The molecule has 4 rings (SSSR count). The van der Waals surface area contributed by atoms with Gasteiger partial charge in [-0.3, -0.25) is 19.1 Å². The van der Waals surface area contributed by atoms with Gasteiger partial charge in [0.05, 0.1) is 11.4 Å². The zero-order chi connectivity index (χ0) is 25.8. The van der Waals surface area contributed by atoms with Gasteiger partial charge in [-0.25, -0.2) is 4.39 Å². The molecule has 0 unspecified atom stereocenters. The molecule has 182 valence electrons. The standard InChI is InChI=1S/C27H23FN4O2S2/c1-3-31-24(30-15-18-7-5-4-6-8-18)21(17(2)22(14-29)25(31)33)13-23-26(34)32(27(35)36-23)16-19-9-11-20(28)12-10-19/h4-13,30H,3,15-16H2,1-2H3/b23-13+. The van der Waals surface area contributed by atoms with Crippen molar-refractivity contribution < 1.29 is 9.18 Å². The Hall–Kier alpha value is -3.74. The topological polar surface area (TPSA) is 78.1 Å². The Labute approximate surface area is 218 Å². The summed E-state index contributed by atoms with van der Waals surface area (Å²) in [4.78, 5) is 28.2. The van der Waals surface area contributed by atoms with Crippen LogP contribution in [-0.4, -0.2) is 19.7 Å². The van der Waals surface area contributed by atoms with E-state index in [0.717, 1.165) is 22.9 Å². The number of nitrogens with zero attached hydrogens (tertiary/aromatic N) is 3. The molecule has 1 aliphatic heterocycles. The number of carbonyl (C=O) groups excluding carboxylic acids is 1. The van der Waals surface area contributed by atoms with Crippen molar-refractivity contribution in [2.45, 2.75) is 33.5 Å². The van der Waals surface area contributed by atoms with Crippen LogP contribution in [0.4, 0.5) is 10.2 Å². The molecule has 0 aliphatic carbocycles. The van der Waals surface area contributed by atoms with E-state index in [0.29, 0.717) is 39.3 Å². The van der Waals surface area contributed by atoms with Crippen LogP contribution in [0, 0.1) is 24.1 Å². The van der Waals surface area contributed by atoms with Crippen LogP contribution in [0.15, 0.2) is 64.3 Å². The fourth-order valence-electron chi connectivity index (χ4n) is 3.98. The minimum Gasteiger partial charge on any atom is -0.367 e. The van der Waals surface area contributed by atoms with Gasteiger partial charge >= 0.3 is 0 Å². The molecule has 1 saturated heterocycles. The first-order chi connectivity index (χ1) is 17.3. The third kappa shape index (κ3) is 5.10. The van der Waals surface area contributed by atoms with Gasteiger partial charge in [0.2, 0.25) is 0 Å². The van der Waals surface area contributed by atoms with E-state index < -0.39 is 0 Å². The van der Waals surface area contributed by atoms with E-state index in [1.165, 1.54) is 21.6 Å². The number of carbonyl (C=O) groups is 1. The number of thiocarbonyl (C=S) groups is 1. The summed E-state index contributed by atoms with van der Waals surface area (Å²) in [5, 5.41) is 13.0. The Morgan fingerprint density at radius 1 is 1.11 bits per heavy atom. The third-order valence-electron chi connectivity index (χ3n) is 5.90. The van der Waals surface area contributed by atoms with E-state index in [-0.39, 0.29) is 29.4 Å².